The minimum atomic E-state index is -1.16. The monoisotopic (exact) mass is 354 g/mol. The van der Waals surface area contributed by atoms with Gasteiger partial charge in [0.2, 0.25) is 11.6 Å². The van der Waals surface area contributed by atoms with Crippen LogP contribution in [0.15, 0.2) is 0 Å². The van der Waals surface area contributed by atoms with Crippen molar-refractivity contribution < 1.29 is 28.8 Å². The molecule has 8 unspecified atom stereocenters. The average Bonchev–Trinajstić information content (AvgIpc) is 3.20. The van der Waals surface area contributed by atoms with Crippen LogP contribution in [0.25, 0.3) is 0 Å². The number of aliphatic hydroxyl groups is 1. The molecule has 0 radical (unpaired) electrons. The number of fused-ring (bicyclic) bond motifs is 2. The fourth-order valence-corrected chi connectivity index (χ4v) is 6.61. The molecule has 1 aliphatic carbocycles. The summed E-state index contributed by atoms with van der Waals surface area (Å²) in [4.78, 5) is 12.2. The number of hydrogen-bond acceptors (Lipinski definition) is 6. The molecule has 0 amide bonds. The molecule has 3 saturated heterocycles. The van der Waals surface area contributed by atoms with Crippen LogP contribution in [-0.2, 0) is 23.7 Å². The van der Waals surface area contributed by atoms with E-state index < -0.39 is 23.3 Å². The standard InChI is InChI=1S/C19H30O6/c1-6-12-9-16(7-2)15-14(12)19(11(4)20)24-17(15,8-3)18(23-16,25-19)10-13(21)22-5/h11-12,14-15,20H,6-10H2,1-5H3. The third kappa shape index (κ3) is 1.73. The van der Waals surface area contributed by atoms with Gasteiger partial charge < -0.3 is 24.1 Å². The molecule has 3 aliphatic heterocycles. The van der Waals surface area contributed by atoms with E-state index in [4.69, 9.17) is 18.9 Å². The van der Waals surface area contributed by atoms with Gasteiger partial charge in [0, 0.05) is 11.8 Å². The molecule has 0 aromatic carbocycles. The first-order valence-electron chi connectivity index (χ1n) is 9.65. The lowest BCUT2D eigenvalue weighted by Crippen LogP contribution is -2.59. The zero-order valence-corrected chi connectivity index (χ0v) is 15.8. The van der Waals surface area contributed by atoms with E-state index >= 15 is 0 Å². The molecule has 3 heterocycles. The first-order chi connectivity index (χ1) is 11.8. The Morgan fingerprint density at radius 2 is 1.96 bits per heavy atom. The summed E-state index contributed by atoms with van der Waals surface area (Å²) < 4.78 is 24.6. The van der Waals surface area contributed by atoms with Crippen LogP contribution in [0.1, 0.15) is 59.8 Å². The molecule has 25 heavy (non-hydrogen) atoms. The lowest BCUT2D eigenvalue weighted by Gasteiger charge is -2.44. The molecule has 2 bridgehead atoms. The van der Waals surface area contributed by atoms with Crippen molar-refractivity contribution in [2.75, 3.05) is 7.11 Å². The smallest absolute Gasteiger partial charge is 0.311 e. The van der Waals surface area contributed by atoms with E-state index in [2.05, 4.69) is 20.8 Å². The molecule has 4 aliphatic rings. The molecule has 6 nitrogen and oxygen atoms in total. The van der Waals surface area contributed by atoms with Crippen LogP contribution >= 0.6 is 0 Å². The summed E-state index contributed by atoms with van der Waals surface area (Å²) in [5.74, 6) is -2.03. The van der Waals surface area contributed by atoms with E-state index in [0.717, 1.165) is 19.3 Å². The van der Waals surface area contributed by atoms with Gasteiger partial charge in [0.05, 0.1) is 12.7 Å². The van der Waals surface area contributed by atoms with E-state index in [0.29, 0.717) is 12.3 Å². The zero-order chi connectivity index (χ0) is 18.3. The Hall–Kier alpha value is -0.690. The summed E-state index contributed by atoms with van der Waals surface area (Å²) in [5, 5.41) is 10.7. The summed E-state index contributed by atoms with van der Waals surface area (Å²) in [5.41, 5.74) is -1.06. The van der Waals surface area contributed by atoms with Crippen LogP contribution in [0.2, 0.25) is 0 Å². The normalized spacial score (nSPS) is 53.4. The Morgan fingerprint density at radius 1 is 1.24 bits per heavy atom. The number of esters is 1. The van der Waals surface area contributed by atoms with E-state index in [9.17, 15) is 9.90 Å². The molecule has 1 N–H and O–H groups in total. The molecule has 1 saturated carbocycles. The summed E-state index contributed by atoms with van der Waals surface area (Å²) in [7, 11) is 1.37. The second-order valence-corrected chi connectivity index (χ2v) is 8.25. The summed E-state index contributed by atoms with van der Waals surface area (Å²) >= 11 is 0. The van der Waals surface area contributed by atoms with Gasteiger partial charge in [-0.3, -0.25) is 4.79 Å². The van der Waals surface area contributed by atoms with Gasteiger partial charge in [-0.2, -0.15) is 0 Å². The van der Waals surface area contributed by atoms with Crippen LogP contribution in [0.5, 0.6) is 0 Å². The summed E-state index contributed by atoms with van der Waals surface area (Å²) in [6.07, 6.45) is 2.65. The molecule has 4 rings (SSSR count). The third-order valence-corrected chi connectivity index (χ3v) is 7.52. The maximum atomic E-state index is 12.2. The Bertz CT molecular complexity index is 592. The first kappa shape index (κ1) is 17.7. The fourth-order valence-electron chi connectivity index (χ4n) is 6.61. The molecule has 0 aromatic rings. The van der Waals surface area contributed by atoms with E-state index in [1.165, 1.54) is 7.11 Å². The Balaban J connectivity index is 1.90. The van der Waals surface area contributed by atoms with Gasteiger partial charge in [0.1, 0.15) is 18.1 Å². The molecule has 142 valence electrons. The second kappa shape index (κ2) is 5.18. The second-order valence-electron chi connectivity index (χ2n) is 8.25. The quantitative estimate of drug-likeness (QED) is 0.738. The van der Waals surface area contributed by atoms with Crippen LogP contribution < -0.4 is 0 Å². The highest BCUT2D eigenvalue weighted by Gasteiger charge is 2.90. The van der Waals surface area contributed by atoms with E-state index in [1.807, 2.05) is 0 Å². The van der Waals surface area contributed by atoms with Gasteiger partial charge in [0.25, 0.3) is 0 Å². The SMILES string of the molecule is CCC1CC2(CC)OC3(CC(=O)OC)OC4(C(C)O)OC3(CC)C2C14. The average molecular weight is 354 g/mol. The van der Waals surface area contributed by atoms with Crippen molar-refractivity contribution in [2.45, 2.75) is 88.7 Å². The highest BCUT2D eigenvalue weighted by atomic mass is 16.9. The number of aliphatic hydroxyl groups excluding tert-OH is 1. The lowest BCUT2D eigenvalue weighted by molar-refractivity contribution is -0.323. The zero-order valence-electron chi connectivity index (χ0n) is 15.8. The summed E-state index contributed by atoms with van der Waals surface area (Å²) in [6.45, 7) is 8.10. The van der Waals surface area contributed by atoms with Gasteiger partial charge in [-0.05, 0) is 32.1 Å². The van der Waals surface area contributed by atoms with Crippen LogP contribution in [0.4, 0.5) is 0 Å². The van der Waals surface area contributed by atoms with Crippen molar-refractivity contribution >= 4 is 5.97 Å². The van der Waals surface area contributed by atoms with Crippen molar-refractivity contribution in [1.82, 2.24) is 0 Å². The highest BCUT2D eigenvalue weighted by molar-refractivity contribution is 5.71. The van der Waals surface area contributed by atoms with Crippen LogP contribution in [0.3, 0.4) is 0 Å². The summed E-state index contributed by atoms with van der Waals surface area (Å²) in [6, 6.07) is 0. The minimum absolute atomic E-state index is 0.00638. The van der Waals surface area contributed by atoms with E-state index in [-0.39, 0.29) is 29.8 Å². The third-order valence-electron chi connectivity index (χ3n) is 7.52. The van der Waals surface area contributed by atoms with Gasteiger partial charge in [-0.1, -0.05) is 27.2 Å². The largest absolute Gasteiger partial charge is 0.469 e. The van der Waals surface area contributed by atoms with E-state index in [1.54, 1.807) is 6.92 Å². The molecular formula is C19H30O6. The number of ether oxygens (including phenoxy) is 4. The predicted octanol–water partition coefficient (Wildman–Crippen LogP) is 2.37. The van der Waals surface area contributed by atoms with Gasteiger partial charge in [-0.25, -0.2) is 0 Å². The van der Waals surface area contributed by atoms with Gasteiger partial charge in [0.15, 0.2) is 0 Å². The molecule has 8 atom stereocenters. The number of carbonyl (C=O) groups excluding carboxylic acids is 1. The lowest BCUT2D eigenvalue weighted by atomic mass is 9.67. The number of rotatable bonds is 6. The number of hydrogen-bond donors (Lipinski definition) is 1. The molecule has 6 heteroatoms. The fraction of sp³-hybridized carbons (Fsp3) is 0.947. The van der Waals surface area contributed by atoms with Crippen molar-refractivity contribution in [3.63, 3.8) is 0 Å². The molecule has 0 aromatic heterocycles. The maximum Gasteiger partial charge on any atom is 0.311 e. The van der Waals surface area contributed by atoms with Crippen molar-refractivity contribution in [3.8, 4) is 0 Å². The van der Waals surface area contributed by atoms with Gasteiger partial charge >= 0.3 is 5.97 Å². The van der Waals surface area contributed by atoms with Crippen molar-refractivity contribution in [2.24, 2.45) is 17.8 Å². The number of carbonyl (C=O) groups is 1. The van der Waals surface area contributed by atoms with Crippen molar-refractivity contribution in [1.29, 1.82) is 0 Å². The molecule has 4 fully saturated rings. The Labute approximate surface area is 149 Å². The van der Waals surface area contributed by atoms with Gasteiger partial charge in [-0.15, -0.1) is 0 Å². The predicted molar refractivity (Wildman–Crippen MR) is 88.5 cm³/mol. The molecular weight excluding hydrogens is 324 g/mol. The topological polar surface area (TPSA) is 74.2 Å². The minimum Gasteiger partial charge on any atom is -0.469 e. The van der Waals surface area contributed by atoms with Crippen LogP contribution in [-0.4, -0.2) is 47.1 Å². The van der Waals surface area contributed by atoms with Crippen LogP contribution in [0, 0.1) is 17.8 Å². The Morgan fingerprint density at radius 3 is 2.48 bits per heavy atom. The van der Waals surface area contributed by atoms with Crippen molar-refractivity contribution in [3.05, 3.63) is 0 Å². The molecule has 0 spiro atoms. The first-order valence-corrected chi connectivity index (χ1v) is 9.65. The maximum absolute atomic E-state index is 12.2. The number of methoxy groups -OCH3 is 1. The highest BCUT2D eigenvalue weighted by Crippen LogP contribution is 2.78. The Kier molecular flexibility index (Phi) is 3.67.